The van der Waals surface area contributed by atoms with Crippen molar-refractivity contribution in [1.29, 1.82) is 0 Å². The number of ether oxygens (including phenoxy) is 1. The van der Waals surface area contributed by atoms with Gasteiger partial charge in [-0.15, -0.1) is 0 Å². The van der Waals surface area contributed by atoms with Gasteiger partial charge in [-0.25, -0.2) is 4.79 Å². The predicted molar refractivity (Wildman–Crippen MR) is 55.2 cm³/mol. The van der Waals surface area contributed by atoms with Crippen LogP contribution < -0.4 is 5.32 Å². The van der Waals surface area contributed by atoms with E-state index in [0.717, 1.165) is 19.5 Å². The number of rotatable bonds is 2. The molecule has 0 radical (unpaired) electrons. The SMILES string of the molecule is CCOC(=O)N1CCC(NC)C(C)C1. The number of nitrogens with one attached hydrogen (secondary N) is 1. The van der Waals surface area contributed by atoms with Gasteiger partial charge < -0.3 is 15.0 Å². The van der Waals surface area contributed by atoms with E-state index in [1.54, 1.807) is 4.90 Å². The first-order valence-corrected chi connectivity index (χ1v) is 5.28. The zero-order valence-corrected chi connectivity index (χ0v) is 9.25. The molecule has 0 aliphatic carbocycles. The van der Waals surface area contributed by atoms with Crippen LogP contribution in [-0.2, 0) is 4.74 Å². The summed E-state index contributed by atoms with van der Waals surface area (Å²) < 4.78 is 4.97. The van der Waals surface area contributed by atoms with Crippen LogP contribution in [-0.4, -0.2) is 43.8 Å². The third kappa shape index (κ3) is 2.61. The maximum atomic E-state index is 11.4. The molecule has 1 fully saturated rings. The lowest BCUT2D eigenvalue weighted by Gasteiger charge is -2.36. The Kier molecular flexibility index (Phi) is 4.20. The normalized spacial score (nSPS) is 27.5. The quantitative estimate of drug-likeness (QED) is 0.725. The first-order valence-electron chi connectivity index (χ1n) is 5.28. The highest BCUT2D eigenvalue weighted by Gasteiger charge is 2.27. The van der Waals surface area contributed by atoms with Crippen molar-refractivity contribution in [1.82, 2.24) is 10.2 Å². The Balaban J connectivity index is 2.41. The van der Waals surface area contributed by atoms with Gasteiger partial charge in [-0.2, -0.15) is 0 Å². The van der Waals surface area contributed by atoms with Crippen LogP contribution >= 0.6 is 0 Å². The van der Waals surface area contributed by atoms with Gasteiger partial charge in [-0.1, -0.05) is 6.92 Å². The fraction of sp³-hybridized carbons (Fsp3) is 0.900. The molecule has 2 atom stereocenters. The van der Waals surface area contributed by atoms with Crippen molar-refractivity contribution in [3.8, 4) is 0 Å². The molecule has 0 bridgehead atoms. The number of carbonyl (C=O) groups is 1. The Morgan fingerprint density at radius 1 is 1.64 bits per heavy atom. The Bertz CT molecular complexity index is 197. The van der Waals surface area contributed by atoms with Crippen molar-refractivity contribution in [2.75, 3.05) is 26.7 Å². The largest absolute Gasteiger partial charge is 0.450 e. The molecule has 4 nitrogen and oxygen atoms in total. The molecule has 4 heteroatoms. The molecule has 1 rings (SSSR count). The van der Waals surface area contributed by atoms with E-state index in [0.29, 0.717) is 18.6 Å². The molecule has 0 saturated carbocycles. The van der Waals surface area contributed by atoms with Crippen LogP contribution in [0.5, 0.6) is 0 Å². The Morgan fingerprint density at radius 2 is 2.36 bits per heavy atom. The minimum Gasteiger partial charge on any atom is -0.450 e. The van der Waals surface area contributed by atoms with Crippen LogP contribution in [0.15, 0.2) is 0 Å². The zero-order chi connectivity index (χ0) is 10.6. The van der Waals surface area contributed by atoms with E-state index >= 15 is 0 Å². The molecular weight excluding hydrogens is 180 g/mol. The maximum Gasteiger partial charge on any atom is 0.409 e. The van der Waals surface area contributed by atoms with E-state index in [4.69, 9.17) is 4.74 Å². The number of piperidine rings is 1. The number of amides is 1. The number of carbonyl (C=O) groups excluding carboxylic acids is 1. The van der Waals surface area contributed by atoms with Crippen molar-refractivity contribution >= 4 is 6.09 Å². The second kappa shape index (κ2) is 5.20. The van der Waals surface area contributed by atoms with E-state index in [1.165, 1.54) is 0 Å². The van der Waals surface area contributed by atoms with E-state index in [1.807, 2.05) is 14.0 Å². The summed E-state index contributed by atoms with van der Waals surface area (Å²) in [4.78, 5) is 13.2. The third-order valence-corrected chi connectivity index (χ3v) is 2.80. The minimum absolute atomic E-state index is 0.172. The van der Waals surface area contributed by atoms with E-state index in [-0.39, 0.29) is 6.09 Å². The Labute approximate surface area is 85.6 Å². The van der Waals surface area contributed by atoms with Crippen molar-refractivity contribution in [2.45, 2.75) is 26.3 Å². The van der Waals surface area contributed by atoms with Crippen molar-refractivity contribution < 1.29 is 9.53 Å². The standard InChI is InChI=1S/C10H20N2O2/c1-4-14-10(13)12-6-5-9(11-3)8(2)7-12/h8-9,11H,4-7H2,1-3H3. The highest BCUT2D eigenvalue weighted by Crippen LogP contribution is 2.16. The summed E-state index contributed by atoms with van der Waals surface area (Å²) in [5, 5.41) is 3.27. The first-order chi connectivity index (χ1) is 6.69. The van der Waals surface area contributed by atoms with Crippen molar-refractivity contribution in [2.24, 2.45) is 5.92 Å². The molecule has 0 aromatic rings. The smallest absolute Gasteiger partial charge is 0.409 e. The van der Waals surface area contributed by atoms with Crippen LogP contribution in [0.4, 0.5) is 4.79 Å². The fourth-order valence-corrected chi connectivity index (χ4v) is 1.96. The molecule has 14 heavy (non-hydrogen) atoms. The second-order valence-electron chi connectivity index (χ2n) is 3.81. The van der Waals surface area contributed by atoms with Gasteiger partial charge in [-0.05, 0) is 26.3 Å². The van der Waals surface area contributed by atoms with Crippen molar-refractivity contribution in [3.63, 3.8) is 0 Å². The average molecular weight is 200 g/mol. The fourth-order valence-electron chi connectivity index (χ4n) is 1.96. The number of likely N-dealkylation sites (tertiary alicyclic amines) is 1. The zero-order valence-electron chi connectivity index (χ0n) is 9.25. The van der Waals surface area contributed by atoms with Crippen LogP contribution in [0.25, 0.3) is 0 Å². The van der Waals surface area contributed by atoms with Crippen LogP contribution in [0, 0.1) is 5.92 Å². The average Bonchev–Trinajstić information content (AvgIpc) is 2.18. The van der Waals surface area contributed by atoms with Gasteiger partial charge in [0.15, 0.2) is 0 Å². The topological polar surface area (TPSA) is 41.6 Å². The molecule has 1 aliphatic heterocycles. The van der Waals surface area contributed by atoms with Gasteiger partial charge in [0, 0.05) is 19.1 Å². The Hall–Kier alpha value is -0.770. The van der Waals surface area contributed by atoms with Gasteiger partial charge >= 0.3 is 6.09 Å². The molecule has 82 valence electrons. The van der Waals surface area contributed by atoms with Crippen LogP contribution in [0.3, 0.4) is 0 Å². The highest BCUT2D eigenvalue weighted by atomic mass is 16.6. The lowest BCUT2D eigenvalue weighted by molar-refractivity contribution is 0.0829. The molecule has 1 saturated heterocycles. The van der Waals surface area contributed by atoms with E-state index < -0.39 is 0 Å². The lowest BCUT2D eigenvalue weighted by Crippen LogP contribution is -2.49. The van der Waals surface area contributed by atoms with Crippen molar-refractivity contribution in [3.05, 3.63) is 0 Å². The summed E-state index contributed by atoms with van der Waals surface area (Å²) in [6.45, 7) is 6.05. The van der Waals surface area contributed by atoms with Gasteiger partial charge in [0.25, 0.3) is 0 Å². The molecule has 2 unspecified atom stereocenters. The predicted octanol–water partition coefficient (Wildman–Crippen LogP) is 1.07. The molecule has 1 amide bonds. The molecule has 0 aromatic heterocycles. The summed E-state index contributed by atoms with van der Waals surface area (Å²) >= 11 is 0. The number of hydrogen-bond donors (Lipinski definition) is 1. The highest BCUT2D eigenvalue weighted by molar-refractivity contribution is 5.67. The van der Waals surface area contributed by atoms with E-state index in [2.05, 4.69) is 12.2 Å². The van der Waals surface area contributed by atoms with Crippen LogP contribution in [0.2, 0.25) is 0 Å². The summed E-state index contributed by atoms with van der Waals surface area (Å²) in [5.41, 5.74) is 0. The second-order valence-corrected chi connectivity index (χ2v) is 3.81. The number of nitrogens with zero attached hydrogens (tertiary/aromatic N) is 1. The molecule has 0 spiro atoms. The molecule has 1 N–H and O–H groups in total. The molecule has 1 heterocycles. The van der Waals surface area contributed by atoms with Crippen LogP contribution in [0.1, 0.15) is 20.3 Å². The van der Waals surface area contributed by atoms with Gasteiger partial charge in [-0.3, -0.25) is 0 Å². The molecule has 1 aliphatic rings. The van der Waals surface area contributed by atoms with E-state index in [9.17, 15) is 4.79 Å². The third-order valence-electron chi connectivity index (χ3n) is 2.80. The Morgan fingerprint density at radius 3 is 2.86 bits per heavy atom. The number of hydrogen-bond acceptors (Lipinski definition) is 3. The molecular formula is C10H20N2O2. The maximum absolute atomic E-state index is 11.4. The van der Waals surface area contributed by atoms with Gasteiger partial charge in [0.05, 0.1) is 6.61 Å². The summed E-state index contributed by atoms with van der Waals surface area (Å²) in [6, 6.07) is 0.528. The first kappa shape index (κ1) is 11.3. The molecule has 0 aromatic carbocycles. The summed E-state index contributed by atoms with van der Waals surface area (Å²) in [7, 11) is 1.97. The van der Waals surface area contributed by atoms with Gasteiger partial charge in [0.2, 0.25) is 0 Å². The van der Waals surface area contributed by atoms with Gasteiger partial charge in [0.1, 0.15) is 0 Å². The lowest BCUT2D eigenvalue weighted by atomic mass is 9.94. The monoisotopic (exact) mass is 200 g/mol. The summed E-state index contributed by atoms with van der Waals surface area (Å²) in [5.74, 6) is 0.498. The summed E-state index contributed by atoms with van der Waals surface area (Å²) in [6.07, 6.45) is 0.838. The minimum atomic E-state index is -0.172.